The van der Waals surface area contributed by atoms with E-state index >= 15 is 0 Å². The van der Waals surface area contributed by atoms with E-state index in [1.54, 1.807) is 12.4 Å². The van der Waals surface area contributed by atoms with Gasteiger partial charge >= 0.3 is 0 Å². The fraction of sp³-hybridized carbons (Fsp3) is 0.0625. The standard InChI is InChI=1S/C16H11ClN4OS/c17-10-5-6-14-12(7-10)19-16(23-14)20-15(22)8-21-9-18-11-3-1-2-4-13(11)21/h1-7,9H,8H2,(H,19,20,22). The lowest BCUT2D eigenvalue weighted by Gasteiger charge is -2.03. The summed E-state index contributed by atoms with van der Waals surface area (Å²) in [4.78, 5) is 20.9. The number of amides is 1. The van der Waals surface area contributed by atoms with Gasteiger partial charge in [-0.25, -0.2) is 9.97 Å². The van der Waals surface area contributed by atoms with Crippen LogP contribution in [0, 0.1) is 0 Å². The Bertz CT molecular complexity index is 1020. The van der Waals surface area contributed by atoms with Crippen molar-refractivity contribution in [2.45, 2.75) is 6.54 Å². The maximum absolute atomic E-state index is 12.2. The molecule has 0 bridgehead atoms. The fourth-order valence-corrected chi connectivity index (χ4v) is 3.43. The molecule has 114 valence electrons. The first-order valence-corrected chi connectivity index (χ1v) is 8.14. The van der Waals surface area contributed by atoms with Crippen molar-refractivity contribution in [2.24, 2.45) is 0 Å². The molecule has 0 aliphatic heterocycles. The number of rotatable bonds is 3. The number of imidazole rings is 1. The second-order valence-electron chi connectivity index (χ2n) is 5.04. The smallest absolute Gasteiger partial charge is 0.246 e. The van der Waals surface area contributed by atoms with Crippen LogP contribution in [0.1, 0.15) is 0 Å². The summed E-state index contributed by atoms with van der Waals surface area (Å²) in [5.74, 6) is -0.140. The van der Waals surface area contributed by atoms with Crippen molar-refractivity contribution >= 4 is 55.2 Å². The van der Waals surface area contributed by atoms with Crippen LogP contribution in [-0.2, 0) is 11.3 Å². The summed E-state index contributed by atoms with van der Waals surface area (Å²) in [6.07, 6.45) is 1.67. The Labute approximate surface area is 140 Å². The van der Waals surface area contributed by atoms with E-state index in [2.05, 4.69) is 15.3 Å². The molecule has 0 saturated heterocycles. The van der Waals surface area contributed by atoms with E-state index in [4.69, 9.17) is 11.6 Å². The molecular weight excluding hydrogens is 332 g/mol. The molecule has 2 aromatic carbocycles. The molecule has 0 aliphatic rings. The number of para-hydroxylation sites is 2. The van der Waals surface area contributed by atoms with Crippen LogP contribution >= 0.6 is 22.9 Å². The number of thiazole rings is 1. The molecule has 23 heavy (non-hydrogen) atoms. The third-order valence-electron chi connectivity index (χ3n) is 3.44. The number of anilines is 1. The van der Waals surface area contributed by atoms with Gasteiger partial charge in [0.15, 0.2) is 5.13 Å². The van der Waals surface area contributed by atoms with Crippen molar-refractivity contribution in [3.8, 4) is 0 Å². The first-order valence-electron chi connectivity index (χ1n) is 6.95. The van der Waals surface area contributed by atoms with Gasteiger partial charge in [0.05, 0.1) is 27.6 Å². The third-order valence-corrected chi connectivity index (χ3v) is 4.62. The van der Waals surface area contributed by atoms with Crippen LogP contribution in [0.15, 0.2) is 48.8 Å². The van der Waals surface area contributed by atoms with E-state index in [1.165, 1.54) is 11.3 Å². The van der Waals surface area contributed by atoms with Crippen molar-refractivity contribution < 1.29 is 4.79 Å². The van der Waals surface area contributed by atoms with Gasteiger partial charge in [-0.1, -0.05) is 35.1 Å². The topological polar surface area (TPSA) is 59.8 Å². The van der Waals surface area contributed by atoms with Crippen molar-refractivity contribution in [3.63, 3.8) is 0 Å². The number of benzene rings is 2. The summed E-state index contributed by atoms with van der Waals surface area (Å²) in [5.41, 5.74) is 2.58. The van der Waals surface area contributed by atoms with Crippen molar-refractivity contribution in [2.75, 3.05) is 5.32 Å². The summed E-state index contributed by atoms with van der Waals surface area (Å²) in [6.45, 7) is 0.192. The fourth-order valence-electron chi connectivity index (χ4n) is 2.40. The van der Waals surface area contributed by atoms with Crippen LogP contribution in [0.3, 0.4) is 0 Å². The van der Waals surface area contributed by atoms with Crippen LogP contribution in [0.4, 0.5) is 5.13 Å². The van der Waals surface area contributed by atoms with Crippen LogP contribution in [0.2, 0.25) is 5.02 Å². The minimum atomic E-state index is -0.140. The largest absolute Gasteiger partial charge is 0.321 e. The van der Waals surface area contributed by atoms with Gasteiger partial charge in [0.25, 0.3) is 0 Å². The number of aromatic nitrogens is 3. The van der Waals surface area contributed by atoms with Crippen molar-refractivity contribution in [1.29, 1.82) is 0 Å². The van der Waals surface area contributed by atoms with Crippen LogP contribution in [0.5, 0.6) is 0 Å². The summed E-state index contributed by atoms with van der Waals surface area (Å²) in [5, 5.41) is 4.03. The van der Waals surface area contributed by atoms with Gasteiger partial charge in [-0.2, -0.15) is 0 Å². The molecule has 4 aromatic rings. The molecule has 0 spiro atoms. The van der Waals surface area contributed by atoms with E-state index in [9.17, 15) is 4.79 Å². The second-order valence-corrected chi connectivity index (χ2v) is 6.51. The molecule has 1 amide bonds. The molecule has 0 radical (unpaired) electrons. The van der Waals surface area contributed by atoms with E-state index < -0.39 is 0 Å². The predicted octanol–water partition coefficient (Wildman–Crippen LogP) is 3.94. The van der Waals surface area contributed by atoms with Gasteiger partial charge in [-0.05, 0) is 30.3 Å². The lowest BCUT2D eigenvalue weighted by atomic mass is 10.3. The molecular formula is C16H11ClN4OS. The zero-order chi connectivity index (χ0) is 15.8. The van der Waals surface area contributed by atoms with E-state index in [-0.39, 0.29) is 12.5 Å². The number of halogens is 1. The van der Waals surface area contributed by atoms with Gasteiger partial charge in [0.1, 0.15) is 6.54 Å². The van der Waals surface area contributed by atoms with Gasteiger partial charge in [0.2, 0.25) is 5.91 Å². The first-order chi connectivity index (χ1) is 11.2. The summed E-state index contributed by atoms with van der Waals surface area (Å²) >= 11 is 7.37. The molecule has 0 saturated carbocycles. The average molecular weight is 343 g/mol. The van der Waals surface area contributed by atoms with Gasteiger partial charge in [-0.3, -0.25) is 4.79 Å². The van der Waals surface area contributed by atoms with Crippen LogP contribution in [-0.4, -0.2) is 20.4 Å². The summed E-state index contributed by atoms with van der Waals surface area (Å²) in [6, 6.07) is 13.2. The Kier molecular flexibility index (Phi) is 3.48. The molecule has 0 unspecified atom stereocenters. The van der Waals surface area contributed by atoms with Crippen LogP contribution in [0.25, 0.3) is 21.3 Å². The Morgan fingerprint density at radius 1 is 1.22 bits per heavy atom. The number of nitrogens with one attached hydrogen (secondary N) is 1. The summed E-state index contributed by atoms with van der Waals surface area (Å²) in [7, 11) is 0. The van der Waals surface area contributed by atoms with Gasteiger partial charge in [0, 0.05) is 5.02 Å². The Morgan fingerprint density at radius 3 is 3.00 bits per heavy atom. The predicted molar refractivity (Wildman–Crippen MR) is 93.0 cm³/mol. The lowest BCUT2D eigenvalue weighted by Crippen LogP contribution is -2.18. The quantitative estimate of drug-likeness (QED) is 0.613. The minimum absolute atomic E-state index is 0.140. The molecule has 7 heteroatoms. The van der Waals surface area contributed by atoms with E-state index in [0.717, 1.165) is 21.3 Å². The van der Waals surface area contributed by atoms with Gasteiger partial charge in [-0.15, -0.1) is 0 Å². The average Bonchev–Trinajstić information content (AvgIpc) is 3.11. The Balaban J connectivity index is 1.54. The minimum Gasteiger partial charge on any atom is -0.321 e. The number of hydrogen-bond acceptors (Lipinski definition) is 4. The summed E-state index contributed by atoms with van der Waals surface area (Å²) < 4.78 is 2.80. The lowest BCUT2D eigenvalue weighted by molar-refractivity contribution is -0.116. The number of hydrogen-bond donors (Lipinski definition) is 1. The molecule has 5 nitrogen and oxygen atoms in total. The number of carbonyl (C=O) groups excluding carboxylic acids is 1. The molecule has 2 aromatic heterocycles. The van der Waals surface area contributed by atoms with Crippen molar-refractivity contribution in [1.82, 2.24) is 14.5 Å². The normalized spacial score (nSPS) is 11.2. The highest BCUT2D eigenvalue weighted by atomic mass is 35.5. The van der Waals surface area contributed by atoms with Crippen molar-refractivity contribution in [3.05, 3.63) is 53.8 Å². The second kappa shape index (κ2) is 5.64. The SMILES string of the molecule is O=C(Cn1cnc2ccccc21)Nc1nc2cc(Cl)ccc2s1. The number of nitrogens with zero attached hydrogens (tertiary/aromatic N) is 3. The van der Waals surface area contributed by atoms with Crippen LogP contribution < -0.4 is 5.32 Å². The van der Waals surface area contributed by atoms with E-state index in [1.807, 2.05) is 41.0 Å². The maximum Gasteiger partial charge on any atom is 0.246 e. The Hall–Kier alpha value is -2.44. The third kappa shape index (κ3) is 2.78. The number of carbonyl (C=O) groups is 1. The Morgan fingerprint density at radius 2 is 2.09 bits per heavy atom. The van der Waals surface area contributed by atoms with Gasteiger partial charge < -0.3 is 9.88 Å². The zero-order valence-corrected chi connectivity index (χ0v) is 13.4. The molecule has 0 fully saturated rings. The highest BCUT2D eigenvalue weighted by Crippen LogP contribution is 2.28. The molecule has 1 N–H and O–H groups in total. The molecule has 0 atom stereocenters. The maximum atomic E-state index is 12.2. The highest BCUT2D eigenvalue weighted by molar-refractivity contribution is 7.22. The number of fused-ring (bicyclic) bond motifs is 2. The highest BCUT2D eigenvalue weighted by Gasteiger charge is 2.10. The monoisotopic (exact) mass is 342 g/mol. The first kappa shape index (κ1) is 14.2. The molecule has 4 rings (SSSR count). The molecule has 0 aliphatic carbocycles. The zero-order valence-electron chi connectivity index (χ0n) is 11.9. The molecule has 2 heterocycles. The van der Waals surface area contributed by atoms with E-state index in [0.29, 0.717) is 10.2 Å².